The van der Waals surface area contributed by atoms with Crippen molar-refractivity contribution >= 4 is 32.4 Å². The molecule has 0 saturated carbocycles. The molecule has 1 fully saturated rings. The minimum atomic E-state index is -5.01. The van der Waals surface area contributed by atoms with Gasteiger partial charge in [0.1, 0.15) is 29.2 Å². The van der Waals surface area contributed by atoms with E-state index in [-0.39, 0.29) is 17.3 Å². The second-order valence-corrected chi connectivity index (χ2v) is 14.2. The van der Waals surface area contributed by atoms with Crippen LogP contribution in [0.2, 0.25) is 0 Å². The van der Waals surface area contributed by atoms with E-state index in [9.17, 15) is 21.6 Å². The van der Waals surface area contributed by atoms with Gasteiger partial charge < -0.3 is 15.4 Å². The molecular weight excluding hydrogens is 633 g/mol. The molecule has 0 spiro atoms. The van der Waals surface area contributed by atoms with Crippen molar-refractivity contribution < 1.29 is 26.3 Å². The number of hydrogen-bond donors (Lipinski definition) is 2. The molecule has 0 bridgehead atoms. The summed E-state index contributed by atoms with van der Waals surface area (Å²) in [4.78, 5) is 6.84. The highest BCUT2D eigenvalue weighted by Crippen LogP contribution is 2.40. The predicted molar refractivity (Wildman–Crippen MR) is 174 cm³/mol. The van der Waals surface area contributed by atoms with Gasteiger partial charge in [0.2, 0.25) is 0 Å². The molecule has 1 atom stereocenters. The number of nitrogens with one attached hydrogen (secondary N) is 1. The van der Waals surface area contributed by atoms with E-state index in [0.29, 0.717) is 33.1 Å². The van der Waals surface area contributed by atoms with E-state index in [0.717, 1.165) is 37.3 Å². The van der Waals surface area contributed by atoms with Gasteiger partial charge in [-0.3, -0.25) is 14.1 Å². The van der Waals surface area contributed by atoms with Crippen LogP contribution in [0.5, 0.6) is 5.75 Å². The fourth-order valence-corrected chi connectivity index (χ4v) is 6.55. The van der Waals surface area contributed by atoms with Gasteiger partial charge in [-0.25, -0.2) is 17.8 Å². The molecule has 6 rings (SSSR count). The Bertz CT molecular complexity index is 2040. The number of rotatable bonds is 11. The van der Waals surface area contributed by atoms with Crippen molar-refractivity contribution in [1.29, 1.82) is 0 Å². The highest BCUT2D eigenvalue weighted by atomic mass is 32.2. The molecule has 3 N–H and O–H groups in total. The van der Waals surface area contributed by atoms with Crippen LogP contribution in [0.1, 0.15) is 32.4 Å². The van der Waals surface area contributed by atoms with Crippen molar-refractivity contribution in [2.24, 2.45) is 12.5 Å². The molecule has 47 heavy (non-hydrogen) atoms. The first-order valence-electron chi connectivity index (χ1n) is 14.9. The van der Waals surface area contributed by atoms with Gasteiger partial charge >= 0.3 is 5.76 Å². The van der Waals surface area contributed by atoms with E-state index < -0.39 is 27.7 Å². The molecular formula is C32H35F3N8O3S. The maximum absolute atomic E-state index is 13.5. The van der Waals surface area contributed by atoms with Crippen LogP contribution in [0.25, 0.3) is 33.3 Å². The Morgan fingerprint density at radius 1 is 1.06 bits per heavy atom. The van der Waals surface area contributed by atoms with Crippen LogP contribution in [0.4, 0.5) is 24.7 Å². The van der Waals surface area contributed by atoms with Crippen LogP contribution < -0.4 is 15.2 Å². The molecule has 248 valence electrons. The van der Waals surface area contributed by atoms with E-state index in [1.807, 2.05) is 15.6 Å². The highest BCUT2D eigenvalue weighted by molar-refractivity contribution is 7.93. The SMILES string of the molecule is C[C@H](Oc1cc(-c2nn(C)c3c(-c4cnn(CCN5CC(C)(C)C5)c4)cnc(N)c23)ccc1NS(=O)(=O)C(F)F)c1ccc(F)cc1. The number of nitrogens with two attached hydrogens (primary N) is 1. The summed E-state index contributed by atoms with van der Waals surface area (Å²) in [6.07, 6.45) is 4.69. The zero-order valence-corrected chi connectivity index (χ0v) is 27.1. The van der Waals surface area contributed by atoms with Gasteiger partial charge in [-0.05, 0) is 42.2 Å². The first kappa shape index (κ1) is 32.3. The van der Waals surface area contributed by atoms with Crippen LogP contribution in [0.15, 0.2) is 61.1 Å². The van der Waals surface area contributed by atoms with Crippen molar-refractivity contribution in [3.05, 3.63) is 72.4 Å². The van der Waals surface area contributed by atoms with Crippen molar-refractivity contribution in [2.45, 2.75) is 39.2 Å². The second-order valence-electron chi connectivity index (χ2n) is 12.6. The Morgan fingerprint density at radius 3 is 2.47 bits per heavy atom. The zero-order chi connectivity index (χ0) is 33.7. The van der Waals surface area contributed by atoms with Gasteiger partial charge in [0.25, 0.3) is 10.0 Å². The number of ether oxygens (including phenoxy) is 1. The smallest absolute Gasteiger partial charge is 0.355 e. The number of aromatic nitrogens is 5. The number of sulfonamides is 1. The number of nitrogens with zero attached hydrogens (tertiary/aromatic N) is 6. The Kier molecular flexibility index (Phi) is 8.38. The number of likely N-dealkylation sites (tertiary alicyclic amines) is 1. The van der Waals surface area contributed by atoms with Crippen molar-refractivity contribution in [3.8, 4) is 28.1 Å². The van der Waals surface area contributed by atoms with Gasteiger partial charge in [-0.2, -0.15) is 19.0 Å². The lowest BCUT2D eigenvalue weighted by atomic mass is 9.84. The molecule has 0 aliphatic carbocycles. The lowest BCUT2D eigenvalue weighted by molar-refractivity contribution is 0.0278. The third-order valence-corrected chi connectivity index (χ3v) is 9.14. The lowest BCUT2D eigenvalue weighted by Gasteiger charge is -2.45. The number of hydrogen-bond acceptors (Lipinski definition) is 8. The highest BCUT2D eigenvalue weighted by Gasteiger charge is 2.33. The topological polar surface area (TPSA) is 133 Å². The number of benzene rings is 2. The van der Waals surface area contributed by atoms with Gasteiger partial charge in [0, 0.05) is 55.8 Å². The number of aryl methyl sites for hydroxylation is 1. The monoisotopic (exact) mass is 668 g/mol. The van der Waals surface area contributed by atoms with Crippen LogP contribution in [-0.2, 0) is 23.6 Å². The summed E-state index contributed by atoms with van der Waals surface area (Å²) >= 11 is 0. The number of fused-ring (bicyclic) bond motifs is 1. The molecule has 0 unspecified atom stereocenters. The molecule has 4 heterocycles. The summed E-state index contributed by atoms with van der Waals surface area (Å²) in [5.74, 6) is -3.94. The first-order valence-corrected chi connectivity index (χ1v) is 16.5. The molecule has 1 aliphatic rings. The molecule has 11 nitrogen and oxygen atoms in total. The van der Waals surface area contributed by atoms with Crippen molar-refractivity contribution in [3.63, 3.8) is 0 Å². The summed E-state index contributed by atoms with van der Waals surface area (Å²) in [5.41, 5.74) is 10.3. The van der Waals surface area contributed by atoms with Crippen LogP contribution in [0, 0.1) is 11.2 Å². The molecule has 5 aromatic rings. The second kappa shape index (κ2) is 12.2. The van der Waals surface area contributed by atoms with Crippen LogP contribution in [0.3, 0.4) is 0 Å². The number of halogens is 3. The summed E-state index contributed by atoms with van der Waals surface area (Å²) in [7, 11) is -3.25. The van der Waals surface area contributed by atoms with Gasteiger partial charge in [0.05, 0.1) is 29.3 Å². The number of anilines is 2. The van der Waals surface area contributed by atoms with Crippen LogP contribution in [-0.4, -0.2) is 63.3 Å². The van der Waals surface area contributed by atoms with E-state index in [1.54, 1.807) is 31.0 Å². The summed E-state index contributed by atoms with van der Waals surface area (Å²) in [5, 5.41) is 9.83. The normalized spacial score (nSPS) is 15.6. The van der Waals surface area contributed by atoms with E-state index in [2.05, 4.69) is 28.8 Å². The van der Waals surface area contributed by atoms with Crippen molar-refractivity contribution in [1.82, 2.24) is 29.4 Å². The third-order valence-electron chi connectivity index (χ3n) is 8.17. The average Bonchev–Trinajstić information content (AvgIpc) is 3.61. The largest absolute Gasteiger partial charge is 0.484 e. The standard InChI is InChI=1S/C32H35F3N8O3S/c1-19(20-5-8-23(33)9-6-20)46-26-13-21(7-10-25(26)40-47(44,45)31(34)35)28-27-29(41(4)39-28)24(15-37-30(27)36)22-14-38-43(16-22)12-11-42-17-32(2,3)18-42/h5-10,13-16,19,31,40H,11-12,17-18H2,1-4H3,(H2,36,37)/t19-/m0/s1. The van der Waals surface area contributed by atoms with Gasteiger partial charge in [-0.1, -0.05) is 32.0 Å². The maximum atomic E-state index is 13.5. The first-order chi connectivity index (χ1) is 22.2. The molecule has 1 aliphatic heterocycles. The average molecular weight is 669 g/mol. The van der Waals surface area contributed by atoms with E-state index in [1.165, 1.54) is 42.5 Å². The Morgan fingerprint density at radius 2 is 1.79 bits per heavy atom. The maximum Gasteiger partial charge on any atom is 0.355 e. The number of pyridine rings is 1. The summed E-state index contributed by atoms with van der Waals surface area (Å²) in [6.45, 7) is 9.91. The van der Waals surface area contributed by atoms with E-state index in [4.69, 9.17) is 15.6 Å². The predicted octanol–water partition coefficient (Wildman–Crippen LogP) is 5.67. The molecule has 2 aromatic carbocycles. The summed E-state index contributed by atoms with van der Waals surface area (Å²) < 4.78 is 75.9. The fraction of sp³-hybridized carbons (Fsp3) is 0.344. The Balaban J connectivity index is 1.36. The molecule has 0 amide bonds. The lowest BCUT2D eigenvalue weighted by Crippen LogP contribution is -2.53. The van der Waals surface area contributed by atoms with Crippen molar-refractivity contribution in [2.75, 3.05) is 30.1 Å². The quantitative estimate of drug-likeness (QED) is 0.184. The zero-order valence-electron chi connectivity index (χ0n) is 26.3. The summed E-state index contributed by atoms with van der Waals surface area (Å²) in [6, 6.07) is 9.89. The van der Waals surface area contributed by atoms with Gasteiger partial charge in [0.15, 0.2) is 0 Å². The molecule has 3 aromatic heterocycles. The number of nitrogen functional groups attached to an aromatic ring is 1. The van der Waals surface area contributed by atoms with E-state index >= 15 is 0 Å². The van der Waals surface area contributed by atoms with Crippen LogP contribution >= 0.6 is 0 Å². The Hall–Kier alpha value is -4.63. The Labute approximate surface area is 270 Å². The fourth-order valence-electron chi connectivity index (χ4n) is 5.98. The minimum absolute atomic E-state index is 0.0445. The number of alkyl halides is 2. The minimum Gasteiger partial charge on any atom is -0.484 e. The molecule has 0 radical (unpaired) electrons. The van der Waals surface area contributed by atoms with Gasteiger partial charge in [-0.15, -0.1) is 0 Å². The molecule has 1 saturated heterocycles. The molecule has 15 heteroatoms. The third kappa shape index (κ3) is 6.63.